The average Bonchev–Trinajstić information content (AvgIpc) is 2.62. The average molecular weight is 372 g/mol. The molecular formula is C18H24N6O3. The molecule has 0 aliphatic rings. The summed E-state index contributed by atoms with van der Waals surface area (Å²) in [5.74, 6) is 0.928. The van der Waals surface area contributed by atoms with Crippen molar-refractivity contribution in [3.8, 4) is 11.5 Å². The molecule has 0 fully saturated rings. The third-order valence-corrected chi connectivity index (χ3v) is 3.61. The van der Waals surface area contributed by atoms with Gasteiger partial charge >= 0.3 is 0 Å². The first kappa shape index (κ1) is 19.9. The van der Waals surface area contributed by atoms with Crippen LogP contribution in [0.2, 0.25) is 0 Å². The molecule has 0 bridgehead atoms. The van der Waals surface area contributed by atoms with Gasteiger partial charge in [0.2, 0.25) is 0 Å². The molecule has 9 nitrogen and oxygen atoms in total. The van der Waals surface area contributed by atoms with Crippen LogP contribution >= 0.6 is 0 Å². The fourth-order valence-corrected chi connectivity index (χ4v) is 2.22. The van der Waals surface area contributed by atoms with Gasteiger partial charge in [0.15, 0.2) is 0 Å². The molecule has 0 radical (unpaired) electrons. The smallest absolute Gasteiger partial charge is 0.142 e. The van der Waals surface area contributed by atoms with Gasteiger partial charge in [-0.15, -0.1) is 0 Å². The second-order valence-corrected chi connectivity index (χ2v) is 5.64. The number of nitrogens with two attached hydrogens (primary N) is 4. The number of nitrogens with one attached hydrogen (secondary N) is 2. The minimum absolute atomic E-state index is 0.0480. The van der Waals surface area contributed by atoms with Crippen molar-refractivity contribution in [1.29, 1.82) is 10.8 Å². The van der Waals surface area contributed by atoms with E-state index < -0.39 is 0 Å². The Labute approximate surface area is 157 Å². The van der Waals surface area contributed by atoms with Crippen molar-refractivity contribution in [2.24, 2.45) is 11.5 Å². The molecule has 2 aromatic rings. The van der Waals surface area contributed by atoms with Crippen LogP contribution in [0.15, 0.2) is 36.4 Å². The Bertz CT molecular complexity index is 757. The van der Waals surface area contributed by atoms with Crippen LogP contribution in [0.1, 0.15) is 11.1 Å². The molecule has 0 aliphatic carbocycles. The molecule has 2 rings (SSSR count). The molecule has 10 N–H and O–H groups in total. The fraction of sp³-hybridized carbons (Fsp3) is 0.222. The normalized spacial score (nSPS) is 10.4. The van der Waals surface area contributed by atoms with Crippen LogP contribution in [0.5, 0.6) is 11.5 Å². The van der Waals surface area contributed by atoms with E-state index in [1.54, 1.807) is 36.4 Å². The molecule has 0 saturated heterocycles. The first-order valence-electron chi connectivity index (χ1n) is 8.19. The predicted molar refractivity (Wildman–Crippen MR) is 106 cm³/mol. The number of ether oxygens (including phenoxy) is 3. The van der Waals surface area contributed by atoms with E-state index in [9.17, 15) is 0 Å². The summed E-state index contributed by atoms with van der Waals surface area (Å²) >= 11 is 0. The van der Waals surface area contributed by atoms with Gasteiger partial charge in [0.05, 0.1) is 24.6 Å². The third kappa shape index (κ3) is 5.79. The van der Waals surface area contributed by atoms with Crippen molar-refractivity contribution in [2.75, 3.05) is 37.9 Å². The summed E-state index contributed by atoms with van der Waals surface area (Å²) in [4.78, 5) is 0. The maximum Gasteiger partial charge on any atom is 0.142 e. The van der Waals surface area contributed by atoms with Crippen LogP contribution in [0.3, 0.4) is 0 Å². The lowest BCUT2D eigenvalue weighted by Gasteiger charge is -2.12. The number of nitrogen functional groups attached to an aromatic ring is 4. The summed E-state index contributed by atoms with van der Waals surface area (Å²) in [7, 11) is 0. The van der Waals surface area contributed by atoms with Crippen LogP contribution in [0.4, 0.5) is 11.4 Å². The topological polar surface area (TPSA) is 179 Å². The van der Waals surface area contributed by atoms with Gasteiger partial charge in [0, 0.05) is 11.1 Å². The first-order valence-corrected chi connectivity index (χ1v) is 8.19. The molecule has 0 amide bonds. The standard InChI is InChI=1S/C18H24N6O3/c19-13-9-11(17(21)22)1-3-15(13)26-7-5-25-6-8-27-16-4-2-12(18(23)24)10-14(16)20/h1-4,9-10H,5-8,19-20H2,(H3,21,22)(H3,23,24). The summed E-state index contributed by atoms with van der Waals surface area (Å²) in [5.41, 5.74) is 24.4. The number of anilines is 2. The molecule has 27 heavy (non-hydrogen) atoms. The van der Waals surface area contributed by atoms with E-state index in [0.29, 0.717) is 60.4 Å². The van der Waals surface area contributed by atoms with E-state index in [-0.39, 0.29) is 11.7 Å². The van der Waals surface area contributed by atoms with Gasteiger partial charge in [-0.3, -0.25) is 10.8 Å². The maximum atomic E-state index is 7.37. The molecule has 144 valence electrons. The maximum absolute atomic E-state index is 7.37. The second-order valence-electron chi connectivity index (χ2n) is 5.64. The predicted octanol–water partition coefficient (Wildman–Crippen LogP) is 0.894. The van der Waals surface area contributed by atoms with Gasteiger partial charge in [0.1, 0.15) is 36.4 Å². The lowest BCUT2D eigenvalue weighted by molar-refractivity contribution is 0.0768. The molecule has 0 aromatic heterocycles. The monoisotopic (exact) mass is 372 g/mol. The highest BCUT2D eigenvalue weighted by Crippen LogP contribution is 2.23. The van der Waals surface area contributed by atoms with Gasteiger partial charge < -0.3 is 37.1 Å². The molecule has 2 aromatic carbocycles. The van der Waals surface area contributed by atoms with Crippen molar-refractivity contribution < 1.29 is 14.2 Å². The van der Waals surface area contributed by atoms with Crippen LogP contribution < -0.4 is 32.4 Å². The van der Waals surface area contributed by atoms with Crippen LogP contribution in [0.25, 0.3) is 0 Å². The Hall–Kier alpha value is -3.46. The Morgan fingerprint density at radius 2 is 1.11 bits per heavy atom. The molecule has 0 aliphatic heterocycles. The summed E-state index contributed by atoms with van der Waals surface area (Å²) in [6.45, 7) is 1.35. The zero-order valence-corrected chi connectivity index (χ0v) is 14.8. The summed E-state index contributed by atoms with van der Waals surface area (Å²) in [6.07, 6.45) is 0. The van der Waals surface area contributed by atoms with Crippen molar-refractivity contribution in [3.05, 3.63) is 47.5 Å². The highest BCUT2D eigenvalue weighted by atomic mass is 16.5. The first-order chi connectivity index (χ1) is 12.9. The SMILES string of the molecule is N=C(N)c1ccc(OCCOCCOc2ccc(C(=N)N)cc2N)c(N)c1. The van der Waals surface area contributed by atoms with E-state index in [2.05, 4.69) is 0 Å². The summed E-state index contributed by atoms with van der Waals surface area (Å²) in [5, 5.41) is 14.7. The largest absolute Gasteiger partial charge is 0.489 e. The minimum atomic E-state index is -0.0480. The third-order valence-electron chi connectivity index (χ3n) is 3.61. The molecular weight excluding hydrogens is 348 g/mol. The van der Waals surface area contributed by atoms with Crippen molar-refractivity contribution in [1.82, 2.24) is 0 Å². The van der Waals surface area contributed by atoms with E-state index in [1.807, 2.05) is 0 Å². The number of rotatable bonds is 10. The molecule has 0 spiro atoms. The van der Waals surface area contributed by atoms with Gasteiger partial charge in [-0.25, -0.2) is 0 Å². The quantitative estimate of drug-likeness (QED) is 0.155. The van der Waals surface area contributed by atoms with E-state index in [4.69, 9.17) is 48.0 Å². The molecule has 0 saturated carbocycles. The molecule has 0 atom stereocenters. The van der Waals surface area contributed by atoms with Crippen molar-refractivity contribution in [3.63, 3.8) is 0 Å². The van der Waals surface area contributed by atoms with E-state index >= 15 is 0 Å². The highest BCUT2D eigenvalue weighted by Gasteiger charge is 2.05. The Morgan fingerprint density at radius 1 is 0.704 bits per heavy atom. The molecule has 0 heterocycles. The number of amidine groups is 2. The number of hydrogen-bond donors (Lipinski definition) is 6. The van der Waals surface area contributed by atoms with E-state index in [0.717, 1.165) is 0 Å². The van der Waals surface area contributed by atoms with Crippen molar-refractivity contribution in [2.45, 2.75) is 0 Å². The lowest BCUT2D eigenvalue weighted by Crippen LogP contribution is -2.14. The number of benzene rings is 2. The zero-order valence-electron chi connectivity index (χ0n) is 14.8. The van der Waals surface area contributed by atoms with Gasteiger partial charge in [0.25, 0.3) is 0 Å². The lowest BCUT2D eigenvalue weighted by atomic mass is 10.2. The molecule has 9 heteroatoms. The van der Waals surface area contributed by atoms with Crippen LogP contribution in [0, 0.1) is 10.8 Å². The van der Waals surface area contributed by atoms with Gasteiger partial charge in [-0.1, -0.05) is 0 Å². The fourth-order valence-electron chi connectivity index (χ4n) is 2.22. The minimum Gasteiger partial charge on any atom is -0.489 e. The summed E-state index contributed by atoms with van der Waals surface area (Å²) < 4.78 is 16.5. The Morgan fingerprint density at radius 3 is 1.44 bits per heavy atom. The van der Waals surface area contributed by atoms with E-state index in [1.165, 1.54) is 0 Å². The zero-order chi connectivity index (χ0) is 19.8. The Balaban J connectivity index is 1.67. The van der Waals surface area contributed by atoms with Crippen molar-refractivity contribution >= 4 is 23.0 Å². The molecule has 0 unspecified atom stereocenters. The van der Waals surface area contributed by atoms with Crippen LogP contribution in [-0.2, 0) is 4.74 Å². The van der Waals surface area contributed by atoms with Crippen LogP contribution in [-0.4, -0.2) is 38.1 Å². The highest BCUT2D eigenvalue weighted by molar-refractivity contribution is 5.96. The Kier molecular flexibility index (Phi) is 6.84. The van der Waals surface area contributed by atoms with Gasteiger partial charge in [-0.2, -0.15) is 0 Å². The summed E-state index contributed by atoms with van der Waals surface area (Å²) in [6, 6.07) is 9.86. The second kappa shape index (κ2) is 9.30. The number of hydrogen-bond acceptors (Lipinski definition) is 7. The van der Waals surface area contributed by atoms with Gasteiger partial charge in [-0.05, 0) is 36.4 Å².